The molecule has 0 unspecified atom stereocenters. The maximum Gasteiger partial charge on any atom is 0.268 e. The molecule has 1 aromatic carbocycles. The van der Waals surface area contributed by atoms with Gasteiger partial charge in [0.1, 0.15) is 16.5 Å². The molecular weight excluding hydrogens is 363 g/mol. The highest BCUT2D eigenvalue weighted by molar-refractivity contribution is 7.17. The normalized spacial score (nSPS) is 10.8. The van der Waals surface area contributed by atoms with E-state index in [9.17, 15) is 9.18 Å². The van der Waals surface area contributed by atoms with Crippen LogP contribution in [0.1, 0.15) is 23.9 Å². The van der Waals surface area contributed by atoms with Crippen LogP contribution in [0, 0.1) is 17.7 Å². The average Bonchev–Trinajstić information content (AvgIpc) is 3.27. The second-order valence-corrected chi connectivity index (χ2v) is 6.84. The van der Waals surface area contributed by atoms with Gasteiger partial charge in [-0.3, -0.25) is 14.0 Å². The van der Waals surface area contributed by atoms with Gasteiger partial charge in [-0.1, -0.05) is 18.8 Å². The minimum Gasteiger partial charge on any atom is -0.275 e. The van der Waals surface area contributed by atoms with E-state index in [1.807, 2.05) is 25.5 Å². The lowest BCUT2D eigenvalue weighted by molar-refractivity contribution is 0.627. The zero-order valence-electron chi connectivity index (χ0n) is 14.7. The minimum atomic E-state index is -0.350. The Morgan fingerprint density at radius 1 is 1.22 bits per heavy atom. The number of hydrogen-bond donors (Lipinski definition) is 0. The molecule has 0 bridgehead atoms. The summed E-state index contributed by atoms with van der Waals surface area (Å²) in [5.41, 5.74) is 1.80. The average molecular weight is 378 g/mol. The summed E-state index contributed by atoms with van der Waals surface area (Å²) in [6.07, 6.45) is 4.06. The summed E-state index contributed by atoms with van der Waals surface area (Å²) in [5.74, 6) is 6.37. The van der Waals surface area contributed by atoms with Crippen molar-refractivity contribution in [2.45, 2.75) is 13.3 Å². The minimum absolute atomic E-state index is 0.194. The summed E-state index contributed by atoms with van der Waals surface area (Å²) in [6.45, 7) is 1.93. The third-order valence-corrected chi connectivity index (χ3v) is 5.00. The molecule has 5 nitrogen and oxygen atoms in total. The fourth-order valence-corrected chi connectivity index (χ4v) is 3.72. The van der Waals surface area contributed by atoms with E-state index < -0.39 is 0 Å². The van der Waals surface area contributed by atoms with Crippen molar-refractivity contribution in [3.8, 4) is 17.5 Å². The fraction of sp³-hybridized carbons (Fsp3) is 0.150. The van der Waals surface area contributed by atoms with Crippen LogP contribution in [0.15, 0.2) is 46.8 Å². The number of nitrogens with zero attached hydrogens (tertiary/aromatic N) is 4. The Morgan fingerprint density at radius 3 is 2.67 bits per heavy atom. The van der Waals surface area contributed by atoms with E-state index in [0.717, 1.165) is 5.56 Å². The lowest BCUT2D eigenvalue weighted by Gasteiger charge is -2.11. The summed E-state index contributed by atoms with van der Waals surface area (Å²) in [7, 11) is 1.82. The number of thiophene rings is 1. The Labute approximate surface area is 158 Å². The molecule has 0 saturated carbocycles. The summed E-state index contributed by atoms with van der Waals surface area (Å²) in [4.78, 5) is 18.5. The van der Waals surface area contributed by atoms with Crippen LogP contribution in [-0.4, -0.2) is 19.3 Å². The van der Waals surface area contributed by atoms with Crippen molar-refractivity contribution in [1.82, 2.24) is 19.3 Å². The Balaban J connectivity index is 1.92. The van der Waals surface area contributed by atoms with Crippen LogP contribution in [0.4, 0.5) is 4.39 Å². The van der Waals surface area contributed by atoms with Crippen molar-refractivity contribution in [3.05, 3.63) is 75.2 Å². The van der Waals surface area contributed by atoms with Gasteiger partial charge in [-0.05, 0) is 24.3 Å². The van der Waals surface area contributed by atoms with Gasteiger partial charge >= 0.3 is 0 Å². The van der Waals surface area contributed by atoms with Crippen molar-refractivity contribution >= 4 is 21.6 Å². The second-order valence-electron chi connectivity index (χ2n) is 5.98. The monoisotopic (exact) mass is 378 g/mol. The Hall–Kier alpha value is -3.24. The molecule has 27 heavy (non-hydrogen) atoms. The van der Waals surface area contributed by atoms with Crippen LogP contribution in [0.5, 0.6) is 0 Å². The third kappa shape index (κ3) is 3.15. The largest absolute Gasteiger partial charge is 0.275 e. The first kappa shape index (κ1) is 17.2. The van der Waals surface area contributed by atoms with E-state index in [-0.39, 0.29) is 11.4 Å². The molecule has 3 heterocycles. The molecule has 0 aliphatic rings. The number of fused-ring (bicyclic) bond motifs is 1. The molecule has 0 fully saturated rings. The number of benzene rings is 1. The fourth-order valence-electron chi connectivity index (χ4n) is 2.84. The van der Waals surface area contributed by atoms with E-state index in [2.05, 4.69) is 21.9 Å². The third-order valence-electron chi connectivity index (χ3n) is 4.12. The lowest BCUT2D eigenvalue weighted by Crippen LogP contribution is -2.23. The molecular formula is C20H15FN4OS. The van der Waals surface area contributed by atoms with Crippen LogP contribution in [0.3, 0.4) is 0 Å². The molecule has 4 rings (SSSR count). The van der Waals surface area contributed by atoms with E-state index in [1.54, 1.807) is 23.0 Å². The van der Waals surface area contributed by atoms with Crippen molar-refractivity contribution in [2.24, 2.45) is 7.05 Å². The molecule has 0 aliphatic carbocycles. The summed E-state index contributed by atoms with van der Waals surface area (Å²) in [6, 6.07) is 5.83. The number of aryl methyl sites for hydroxylation is 2. The second kappa shape index (κ2) is 6.82. The first-order valence-electron chi connectivity index (χ1n) is 8.36. The summed E-state index contributed by atoms with van der Waals surface area (Å²) < 4.78 is 16.5. The molecule has 7 heteroatoms. The Kier molecular flexibility index (Phi) is 4.34. The molecule has 0 atom stereocenters. The zero-order valence-corrected chi connectivity index (χ0v) is 15.5. The predicted molar refractivity (Wildman–Crippen MR) is 104 cm³/mol. The molecule has 134 valence electrons. The number of aromatic nitrogens is 4. The predicted octanol–water partition coefficient (Wildman–Crippen LogP) is 3.28. The maximum atomic E-state index is 13.3. The van der Waals surface area contributed by atoms with Gasteiger partial charge < -0.3 is 0 Å². The van der Waals surface area contributed by atoms with Crippen LogP contribution < -0.4 is 5.56 Å². The SMILES string of the molecule is CCc1nc2scc(C#Cc3cnn(C)c3)c2c(=O)n1-c1ccc(F)cc1. The van der Waals surface area contributed by atoms with Gasteiger partial charge in [-0.25, -0.2) is 9.37 Å². The molecule has 4 aromatic rings. The molecule has 0 saturated heterocycles. The molecule has 3 aromatic heterocycles. The van der Waals surface area contributed by atoms with Gasteiger partial charge in [-0.15, -0.1) is 11.3 Å². The van der Waals surface area contributed by atoms with Crippen LogP contribution >= 0.6 is 11.3 Å². The van der Waals surface area contributed by atoms with Gasteiger partial charge in [0, 0.05) is 25.0 Å². The van der Waals surface area contributed by atoms with Crippen molar-refractivity contribution in [2.75, 3.05) is 0 Å². The van der Waals surface area contributed by atoms with Crippen molar-refractivity contribution in [1.29, 1.82) is 0 Å². The highest BCUT2D eigenvalue weighted by atomic mass is 32.1. The van der Waals surface area contributed by atoms with E-state index in [1.165, 1.54) is 28.0 Å². The van der Waals surface area contributed by atoms with Crippen LogP contribution in [-0.2, 0) is 13.5 Å². The van der Waals surface area contributed by atoms with E-state index >= 15 is 0 Å². The van der Waals surface area contributed by atoms with Crippen LogP contribution in [0.2, 0.25) is 0 Å². The summed E-state index contributed by atoms with van der Waals surface area (Å²) >= 11 is 1.40. The number of hydrogen-bond acceptors (Lipinski definition) is 4. The Morgan fingerprint density at radius 2 is 2.00 bits per heavy atom. The molecule has 0 radical (unpaired) electrons. The van der Waals surface area contributed by atoms with Crippen LogP contribution in [0.25, 0.3) is 15.9 Å². The highest BCUT2D eigenvalue weighted by Crippen LogP contribution is 2.22. The quantitative estimate of drug-likeness (QED) is 0.503. The smallest absolute Gasteiger partial charge is 0.268 e. The highest BCUT2D eigenvalue weighted by Gasteiger charge is 2.15. The Bertz CT molecular complexity index is 1260. The van der Waals surface area contributed by atoms with E-state index in [0.29, 0.717) is 33.7 Å². The molecule has 0 amide bonds. The van der Waals surface area contributed by atoms with Gasteiger partial charge in [-0.2, -0.15) is 5.10 Å². The topological polar surface area (TPSA) is 52.7 Å². The molecule has 0 aliphatic heterocycles. The van der Waals surface area contributed by atoms with Crippen molar-refractivity contribution in [3.63, 3.8) is 0 Å². The summed E-state index contributed by atoms with van der Waals surface area (Å²) in [5, 5.41) is 6.42. The zero-order chi connectivity index (χ0) is 19.0. The standard InChI is InChI=1S/C20H15FN4OS/c1-3-17-23-19-18(20(26)25(17)16-8-6-15(21)7-9-16)14(12-27-19)5-4-13-10-22-24(2)11-13/h6-12H,3H2,1-2H3. The maximum absolute atomic E-state index is 13.3. The van der Waals surface area contributed by atoms with E-state index in [4.69, 9.17) is 0 Å². The first-order valence-corrected chi connectivity index (χ1v) is 9.24. The first-order chi connectivity index (χ1) is 13.1. The number of rotatable bonds is 2. The lowest BCUT2D eigenvalue weighted by atomic mass is 10.2. The van der Waals surface area contributed by atoms with Gasteiger partial charge in [0.15, 0.2) is 0 Å². The van der Waals surface area contributed by atoms with Crippen molar-refractivity contribution < 1.29 is 4.39 Å². The van der Waals surface area contributed by atoms with Gasteiger partial charge in [0.25, 0.3) is 5.56 Å². The molecule has 0 N–H and O–H groups in total. The van der Waals surface area contributed by atoms with Gasteiger partial charge in [0.05, 0.1) is 28.4 Å². The van der Waals surface area contributed by atoms with Gasteiger partial charge in [0.2, 0.25) is 0 Å². The molecule has 0 spiro atoms. The number of halogens is 1.